The summed E-state index contributed by atoms with van der Waals surface area (Å²) in [4.78, 5) is 24.4. The maximum absolute atomic E-state index is 12.2. The lowest BCUT2D eigenvalue weighted by Gasteiger charge is -2.25. The smallest absolute Gasteiger partial charge is 0.313 e. The Hall–Kier alpha value is -2.61. The van der Waals surface area contributed by atoms with Gasteiger partial charge in [-0.15, -0.1) is 0 Å². The van der Waals surface area contributed by atoms with Crippen LogP contribution in [0.5, 0.6) is 0 Å². The molecule has 140 valence electrons. The number of furan rings is 1. The Bertz CT molecular complexity index is 905. The zero-order chi connectivity index (χ0) is 19.4. The fourth-order valence-corrected chi connectivity index (χ4v) is 3.45. The third-order valence-corrected chi connectivity index (χ3v) is 5.25. The zero-order valence-electron chi connectivity index (χ0n) is 14.4. The lowest BCUT2D eigenvalue weighted by Crippen LogP contribution is -2.45. The molecule has 0 aliphatic heterocycles. The molecule has 0 radical (unpaired) electrons. The number of thiophene rings is 1. The molecule has 0 aliphatic carbocycles. The summed E-state index contributed by atoms with van der Waals surface area (Å²) < 4.78 is 5.33. The monoisotopic (exact) mass is 404 g/mol. The first-order valence-corrected chi connectivity index (χ1v) is 9.37. The number of nitrogens with one attached hydrogen (secondary N) is 2. The van der Waals surface area contributed by atoms with Gasteiger partial charge in [-0.1, -0.05) is 17.7 Å². The molecule has 27 heavy (non-hydrogen) atoms. The van der Waals surface area contributed by atoms with Crippen LogP contribution in [0, 0.1) is 6.92 Å². The quantitative estimate of drug-likeness (QED) is 0.569. The van der Waals surface area contributed by atoms with E-state index in [1.165, 1.54) is 17.6 Å². The molecule has 6 nitrogen and oxygen atoms in total. The first-order valence-electron chi connectivity index (χ1n) is 8.05. The molecule has 1 atom stereocenters. The van der Waals surface area contributed by atoms with Gasteiger partial charge in [0, 0.05) is 16.3 Å². The van der Waals surface area contributed by atoms with Gasteiger partial charge >= 0.3 is 11.8 Å². The van der Waals surface area contributed by atoms with Crippen LogP contribution in [0.15, 0.2) is 57.8 Å². The summed E-state index contributed by atoms with van der Waals surface area (Å²) in [5.41, 5.74) is 0.0899. The van der Waals surface area contributed by atoms with Crippen molar-refractivity contribution in [3.8, 4) is 0 Å². The fourth-order valence-electron chi connectivity index (χ4n) is 2.56. The maximum Gasteiger partial charge on any atom is 0.313 e. The molecule has 2 aromatic heterocycles. The van der Waals surface area contributed by atoms with Gasteiger partial charge in [-0.3, -0.25) is 9.59 Å². The third-order valence-electron chi connectivity index (χ3n) is 4.15. The number of carbonyl (C=O) groups is 2. The summed E-state index contributed by atoms with van der Waals surface area (Å²) in [6, 6.07) is 10.0. The summed E-state index contributed by atoms with van der Waals surface area (Å²) >= 11 is 7.42. The van der Waals surface area contributed by atoms with E-state index in [4.69, 9.17) is 16.0 Å². The number of benzene rings is 1. The van der Waals surface area contributed by atoms with Crippen LogP contribution in [0.4, 0.5) is 5.69 Å². The highest BCUT2D eigenvalue weighted by Crippen LogP contribution is 2.31. The van der Waals surface area contributed by atoms with Crippen molar-refractivity contribution in [1.82, 2.24) is 5.32 Å². The van der Waals surface area contributed by atoms with Crippen LogP contribution in [0.3, 0.4) is 0 Å². The topological polar surface area (TPSA) is 91.6 Å². The predicted molar refractivity (Wildman–Crippen MR) is 104 cm³/mol. The number of anilines is 1. The molecule has 0 saturated carbocycles. The van der Waals surface area contributed by atoms with E-state index < -0.39 is 17.4 Å². The highest BCUT2D eigenvalue weighted by molar-refractivity contribution is 7.08. The van der Waals surface area contributed by atoms with Gasteiger partial charge in [0.1, 0.15) is 5.76 Å². The van der Waals surface area contributed by atoms with Crippen molar-refractivity contribution in [1.29, 1.82) is 0 Å². The van der Waals surface area contributed by atoms with E-state index in [0.29, 0.717) is 21.8 Å². The molecule has 2 amide bonds. The minimum Gasteiger partial charge on any atom is -0.466 e. The number of aliphatic hydroxyl groups is 1. The Morgan fingerprint density at radius 2 is 2.04 bits per heavy atom. The molecule has 0 bridgehead atoms. The Balaban J connectivity index is 1.71. The highest BCUT2D eigenvalue weighted by Gasteiger charge is 2.36. The lowest BCUT2D eigenvalue weighted by molar-refractivity contribution is -0.136. The molecule has 2 heterocycles. The molecule has 0 fully saturated rings. The van der Waals surface area contributed by atoms with Crippen molar-refractivity contribution in [3.63, 3.8) is 0 Å². The molecular formula is C19H17ClN2O4S. The van der Waals surface area contributed by atoms with Gasteiger partial charge in [-0.2, -0.15) is 11.3 Å². The van der Waals surface area contributed by atoms with Crippen LogP contribution in [0.2, 0.25) is 5.02 Å². The molecule has 1 aromatic carbocycles. The predicted octanol–water partition coefficient (Wildman–Crippen LogP) is 3.29. The number of halogens is 1. The summed E-state index contributed by atoms with van der Waals surface area (Å²) in [5.74, 6) is -1.46. The summed E-state index contributed by atoms with van der Waals surface area (Å²) in [6.45, 7) is 1.51. The largest absolute Gasteiger partial charge is 0.466 e. The summed E-state index contributed by atoms with van der Waals surface area (Å²) in [7, 11) is 0. The summed E-state index contributed by atoms with van der Waals surface area (Å²) in [6.07, 6.45) is 1.43. The third kappa shape index (κ3) is 4.05. The van der Waals surface area contributed by atoms with E-state index in [1.54, 1.807) is 54.1 Å². The molecule has 0 spiro atoms. The van der Waals surface area contributed by atoms with Gasteiger partial charge in [0.2, 0.25) is 0 Å². The normalized spacial score (nSPS) is 13.0. The van der Waals surface area contributed by atoms with Crippen LogP contribution in [-0.4, -0.2) is 23.5 Å². The highest BCUT2D eigenvalue weighted by atomic mass is 35.5. The number of rotatable bonds is 5. The average Bonchev–Trinajstić information content (AvgIpc) is 3.37. The van der Waals surface area contributed by atoms with Crippen LogP contribution < -0.4 is 10.6 Å². The average molecular weight is 405 g/mol. The molecular weight excluding hydrogens is 388 g/mol. The molecule has 3 N–H and O–H groups in total. The van der Waals surface area contributed by atoms with E-state index in [2.05, 4.69) is 10.6 Å². The van der Waals surface area contributed by atoms with Gasteiger partial charge in [-0.05, 0) is 53.6 Å². The van der Waals surface area contributed by atoms with Crippen molar-refractivity contribution in [3.05, 3.63) is 75.3 Å². The van der Waals surface area contributed by atoms with Gasteiger partial charge in [0.25, 0.3) is 0 Å². The van der Waals surface area contributed by atoms with E-state index in [9.17, 15) is 14.7 Å². The molecule has 0 saturated heterocycles. The maximum atomic E-state index is 12.2. The standard InChI is InChI=1S/C19H17ClN2O4S/c1-12-14(20)4-2-5-15(12)22-18(24)17(23)21-11-19(25,13-7-9-27-10-13)16-6-3-8-26-16/h2-10,25H,11H2,1H3,(H,21,23)(H,22,24)/t19-/m1/s1. The zero-order valence-corrected chi connectivity index (χ0v) is 15.9. The van der Waals surface area contributed by atoms with Gasteiger partial charge < -0.3 is 20.2 Å². The minimum atomic E-state index is -1.58. The van der Waals surface area contributed by atoms with Crippen molar-refractivity contribution in [2.24, 2.45) is 0 Å². The Labute approximate surface area is 164 Å². The first-order chi connectivity index (χ1) is 12.9. The van der Waals surface area contributed by atoms with Crippen molar-refractivity contribution >= 4 is 40.4 Å². The van der Waals surface area contributed by atoms with Gasteiger partial charge in [0.15, 0.2) is 5.60 Å². The molecule has 3 rings (SSSR count). The van der Waals surface area contributed by atoms with Gasteiger partial charge in [-0.25, -0.2) is 0 Å². The molecule has 0 unspecified atom stereocenters. The van der Waals surface area contributed by atoms with E-state index in [0.717, 1.165) is 0 Å². The van der Waals surface area contributed by atoms with E-state index in [1.807, 2.05) is 0 Å². The number of carbonyl (C=O) groups excluding carboxylic acids is 2. The van der Waals surface area contributed by atoms with E-state index in [-0.39, 0.29) is 12.3 Å². The number of hydrogen-bond acceptors (Lipinski definition) is 5. The van der Waals surface area contributed by atoms with Crippen molar-refractivity contribution in [2.45, 2.75) is 12.5 Å². The van der Waals surface area contributed by atoms with E-state index >= 15 is 0 Å². The summed E-state index contributed by atoms with van der Waals surface area (Å²) in [5, 5.41) is 20.1. The SMILES string of the molecule is Cc1c(Cl)cccc1NC(=O)C(=O)NC[C@@](O)(c1ccsc1)c1ccco1. The molecule has 0 aliphatic rings. The van der Waals surface area contributed by atoms with Crippen LogP contribution in [0.25, 0.3) is 0 Å². The fraction of sp³-hybridized carbons (Fsp3) is 0.158. The number of amides is 2. The Morgan fingerprint density at radius 3 is 2.70 bits per heavy atom. The van der Waals surface area contributed by atoms with Crippen LogP contribution in [-0.2, 0) is 15.2 Å². The number of hydrogen-bond donors (Lipinski definition) is 3. The Morgan fingerprint density at radius 1 is 1.22 bits per heavy atom. The lowest BCUT2D eigenvalue weighted by atomic mass is 9.93. The second-order valence-electron chi connectivity index (χ2n) is 5.90. The van der Waals surface area contributed by atoms with Gasteiger partial charge in [0.05, 0.1) is 12.8 Å². The van der Waals surface area contributed by atoms with Crippen molar-refractivity contribution < 1.29 is 19.1 Å². The van der Waals surface area contributed by atoms with Crippen LogP contribution in [0.1, 0.15) is 16.9 Å². The van der Waals surface area contributed by atoms with Crippen LogP contribution >= 0.6 is 22.9 Å². The molecule has 3 aromatic rings. The first kappa shape index (κ1) is 19.2. The minimum absolute atomic E-state index is 0.224. The Kier molecular flexibility index (Phi) is 5.65. The molecule has 8 heteroatoms. The second kappa shape index (κ2) is 7.96. The second-order valence-corrected chi connectivity index (χ2v) is 7.09. The van der Waals surface area contributed by atoms with Crippen molar-refractivity contribution in [2.75, 3.05) is 11.9 Å².